The van der Waals surface area contributed by atoms with Gasteiger partial charge in [-0.15, -0.1) is 11.3 Å². The van der Waals surface area contributed by atoms with E-state index in [1.807, 2.05) is 6.07 Å². The minimum atomic E-state index is -0.238. The summed E-state index contributed by atoms with van der Waals surface area (Å²) in [6.45, 7) is 0. The standard InChI is InChI=1S/C9H7BrFNS/c10-4-6-3-7-8(11)1-5(12)2-9(7)13-6/h1-3H,4,12H2. The molecular weight excluding hydrogens is 253 g/mol. The summed E-state index contributed by atoms with van der Waals surface area (Å²) in [4.78, 5) is 1.11. The fourth-order valence-corrected chi connectivity index (χ4v) is 2.72. The second-order valence-corrected chi connectivity index (χ2v) is 4.49. The van der Waals surface area contributed by atoms with Gasteiger partial charge < -0.3 is 5.73 Å². The van der Waals surface area contributed by atoms with E-state index in [-0.39, 0.29) is 5.82 Å². The molecule has 0 amide bonds. The number of anilines is 1. The lowest BCUT2D eigenvalue weighted by Gasteiger charge is -1.94. The van der Waals surface area contributed by atoms with Crippen LogP contribution in [0.3, 0.4) is 0 Å². The van der Waals surface area contributed by atoms with Crippen LogP contribution in [0.15, 0.2) is 18.2 Å². The number of fused-ring (bicyclic) bond motifs is 1. The molecule has 0 saturated carbocycles. The smallest absolute Gasteiger partial charge is 0.133 e. The lowest BCUT2D eigenvalue weighted by atomic mass is 10.2. The highest BCUT2D eigenvalue weighted by Gasteiger charge is 2.06. The van der Waals surface area contributed by atoms with Gasteiger partial charge in [0.1, 0.15) is 5.82 Å². The first-order valence-electron chi connectivity index (χ1n) is 3.74. The zero-order chi connectivity index (χ0) is 9.42. The van der Waals surface area contributed by atoms with Gasteiger partial charge in [0.15, 0.2) is 0 Å². The van der Waals surface area contributed by atoms with Crippen LogP contribution in [0, 0.1) is 5.82 Å². The maximum Gasteiger partial charge on any atom is 0.133 e. The minimum absolute atomic E-state index is 0.238. The monoisotopic (exact) mass is 259 g/mol. The van der Waals surface area contributed by atoms with Crippen molar-refractivity contribution in [2.45, 2.75) is 5.33 Å². The van der Waals surface area contributed by atoms with E-state index in [0.717, 1.165) is 14.9 Å². The Labute approximate surface area is 87.5 Å². The fraction of sp³-hybridized carbons (Fsp3) is 0.111. The Kier molecular flexibility index (Phi) is 2.26. The molecule has 1 heterocycles. The third kappa shape index (κ3) is 1.56. The van der Waals surface area contributed by atoms with Crippen LogP contribution in [-0.4, -0.2) is 0 Å². The number of rotatable bonds is 1. The van der Waals surface area contributed by atoms with Crippen LogP contribution in [0.2, 0.25) is 0 Å². The summed E-state index contributed by atoms with van der Waals surface area (Å²) in [6, 6.07) is 5.01. The molecule has 1 aromatic heterocycles. The number of nitrogens with two attached hydrogens (primary N) is 1. The van der Waals surface area contributed by atoms with Crippen LogP contribution in [0.25, 0.3) is 10.1 Å². The number of hydrogen-bond donors (Lipinski definition) is 1. The zero-order valence-electron chi connectivity index (χ0n) is 6.68. The number of benzene rings is 1. The normalized spacial score (nSPS) is 10.9. The van der Waals surface area contributed by atoms with Gasteiger partial charge in [0, 0.05) is 26.0 Å². The summed E-state index contributed by atoms with van der Waals surface area (Å²) >= 11 is 4.89. The van der Waals surface area contributed by atoms with Crippen LogP contribution >= 0.6 is 27.3 Å². The Hall–Kier alpha value is -0.610. The van der Waals surface area contributed by atoms with Gasteiger partial charge in [0.25, 0.3) is 0 Å². The molecule has 2 aromatic rings. The van der Waals surface area contributed by atoms with Crippen molar-refractivity contribution in [2.24, 2.45) is 0 Å². The van der Waals surface area contributed by atoms with Crippen molar-refractivity contribution in [1.82, 2.24) is 0 Å². The van der Waals surface area contributed by atoms with Gasteiger partial charge in [0.2, 0.25) is 0 Å². The first-order chi connectivity index (χ1) is 6.20. The van der Waals surface area contributed by atoms with Gasteiger partial charge >= 0.3 is 0 Å². The molecule has 1 aromatic carbocycles. The van der Waals surface area contributed by atoms with Crippen molar-refractivity contribution in [1.29, 1.82) is 0 Å². The van der Waals surface area contributed by atoms with E-state index in [2.05, 4.69) is 15.9 Å². The Morgan fingerprint density at radius 3 is 2.85 bits per heavy atom. The first-order valence-corrected chi connectivity index (χ1v) is 5.68. The third-order valence-electron chi connectivity index (χ3n) is 1.79. The van der Waals surface area contributed by atoms with E-state index in [4.69, 9.17) is 5.73 Å². The lowest BCUT2D eigenvalue weighted by molar-refractivity contribution is 0.641. The maximum atomic E-state index is 13.3. The zero-order valence-corrected chi connectivity index (χ0v) is 9.08. The molecule has 0 unspecified atom stereocenters. The van der Waals surface area contributed by atoms with E-state index in [1.54, 1.807) is 17.4 Å². The lowest BCUT2D eigenvalue weighted by Crippen LogP contribution is -1.85. The number of thiophene rings is 1. The molecule has 0 fully saturated rings. The second kappa shape index (κ2) is 3.27. The van der Waals surface area contributed by atoms with E-state index in [0.29, 0.717) is 11.1 Å². The highest BCUT2D eigenvalue weighted by Crippen LogP contribution is 2.30. The van der Waals surface area contributed by atoms with Crippen molar-refractivity contribution in [3.05, 3.63) is 28.9 Å². The van der Waals surface area contributed by atoms with E-state index >= 15 is 0 Å². The SMILES string of the molecule is Nc1cc(F)c2cc(CBr)sc2c1. The quantitative estimate of drug-likeness (QED) is 0.616. The summed E-state index contributed by atoms with van der Waals surface area (Å²) in [5.41, 5.74) is 6.01. The molecule has 0 radical (unpaired) electrons. The number of alkyl halides is 1. The van der Waals surface area contributed by atoms with E-state index < -0.39 is 0 Å². The molecular formula is C9H7BrFNS. The van der Waals surface area contributed by atoms with Crippen LogP contribution < -0.4 is 5.73 Å². The molecule has 0 aliphatic carbocycles. The minimum Gasteiger partial charge on any atom is -0.399 e. The Morgan fingerprint density at radius 2 is 2.15 bits per heavy atom. The summed E-state index contributed by atoms with van der Waals surface area (Å²) in [6.07, 6.45) is 0. The van der Waals surface area contributed by atoms with Crippen molar-refractivity contribution in [2.75, 3.05) is 5.73 Å². The average molecular weight is 260 g/mol. The number of halogens is 2. The van der Waals surface area contributed by atoms with Gasteiger partial charge in [-0.05, 0) is 18.2 Å². The highest BCUT2D eigenvalue weighted by atomic mass is 79.9. The summed E-state index contributed by atoms with van der Waals surface area (Å²) in [5.74, 6) is -0.238. The molecule has 68 valence electrons. The maximum absolute atomic E-state index is 13.3. The molecule has 13 heavy (non-hydrogen) atoms. The van der Waals surface area contributed by atoms with Gasteiger partial charge in [-0.3, -0.25) is 0 Å². The van der Waals surface area contributed by atoms with E-state index in [1.165, 1.54) is 6.07 Å². The molecule has 0 aliphatic heterocycles. The third-order valence-corrected chi connectivity index (χ3v) is 3.85. The van der Waals surface area contributed by atoms with E-state index in [9.17, 15) is 4.39 Å². The second-order valence-electron chi connectivity index (χ2n) is 2.76. The molecule has 1 nitrogen and oxygen atoms in total. The van der Waals surface area contributed by atoms with Crippen molar-refractivity contribution >= 4 is 43.0 Å². The van der Waals surface area contributed by atoms with Crippen LogP contribution in [-0.2, 0) is 5.33 Å². The fourth-order valence-electron chi connectivity index (χ4n) is 1.23. The topological polar surface area (TPSA) is 26.0 Å². The van der Waals surface area contributed by atoms with Crippen LogP contribution in [0.1, 0.15) is 4.88 Å². The number of nitrogen functional groups attached to an aromatic ring is 1. The number of hydrogen-bond acceptors (Lipinski definition) is 2. The molecule has 0 saturated heterocycles. The van der Waals surface area contributed by atoms with Crippen molar-refractivity contribution in [3.8, 4) is 0 Å². The largest absolute Gasteiger partial charge is 0.399 e. The molecule has 0 bridgehead atoms. The molecule has 4 heteroatoms. The predicted molar refractivity (Wildman–Crippen MR) is 58.8 cm³/mol. The molecule has 0 atom stereocenters. The van der Waals surface area contributed by atoms with Crippen molar-refractivity contribution in [3.63, 3.8) is 0 Å². The van der Waals surface area contributed by atoms with Gasteiger partial charge in [-0.25, -0.2) is 4.39 Å². The van der Waals surface area contributed by atoms with Gasteiger partial charge in [-0.2, -0.15) is 0 Å². The Morgan fingerprint density at radius 1 is 1.38 bits per heavy atom. The van der Waals surface area contributed by atoms with Gasteiger partial charge in [0.05, 0.1) is 0 Å². The molecule has 2 rings (SSSR count). The van der Waals surface area contributed by atoms with Crippen LogP contribution in [0.5, 0.6) is 0 Å². The highest BCUT2D eigenvalue weighted by molar-refractivity contribution is 9.08. The average Bonchev–Trinajstić information content (AvgIpc) is 2.47. The first kappa shape index (κ1) is 8.97. The molecule has 0 aliphatic rings. The van der Waals surface area contributed by atoms with Crippen molar-refractivity contribution < 1.29 is 4.39 Å². The summed E-state index contributed by atoms with van der Waals surface area (Å²) in [7, 11) is 0. The Bertz CT molecular complexity index is 452. The summed E-state index contributed by atoms with van der Waals surface area (Å²) in [5, 5.41) is 1.42. The predicted octanol–water partition coefficient (Wildman–Crippen LogP) is 3.52. The Balaban J connectivity index is 2.75. The molecule has 2 N–H and O–H groups in total. The van der Waals surface area contributed by atoms with Crippen LogP contribution in [0.4, 0.5) is 10.1 Å². The molecule has 0 spiro atoms. The summed E-state index contributed by atoms with van der Waals surface area (Å²) < 4.78 is 14.2. The van der Waals surface area contributed by atoms with Gasteiger partial charge in [-0.1, -0.05) is 15.9 Å².